The smallest absolute Gasteiger partial charge is 0.416 e. The average molecular weight is 276 g/mol. The molecule has 104 valence electrons. The second kappa shape index (κ2) is 5.29. The molecule has 0 heterocycles. The Kier molecular flexibility index (Phi) is 4.18. The van der Waals surface area contributed by atoms with Crippen LogP contribution in [0.15, 0.2) is 12.1 Å². The van der Waals surface area contributed by atoms with E-state index in [1.807, 2.05) is 0 Å². The van der Waals surface area contributed by atoms with Crippen LogP contribution in [0, 0.1) is 6.92 Å². The lowest BCUT2D eigenvalue weighted by atomic mass is 10.0. The molecule has 0 aliphatic heterocycles. The monoisotopic (exact) mass is 276 g/mol. The molecule has 7 heteroatoms. The van der Waals surface area contributed by atoms with E-state index in [0.29, 0.717) is 6.07 Å². The molecule has 1 aromatic rings. The minimum atomic E-state index is -4.60. The Labute approximate surface area is 106 Å². The van der Waals surface area contributed by atoms with Gasteiger partial charge in [-0.05, 0) is 24.6 Å². The normalized spacial score (nSPS) is 11.2. The molecule has 0 aliphatic rings. The molecule has 0 fully saturated rings. The third-order valence-corrected chi connectivity index (χ3v) is 2.34. The largest absolute Gasteiger partial charge is 0.481 e. The molecule has 0 radical (unpaired) electrons. The number of alkyl halides is 3. The SMILES string of the molecule is CC(=O)Oc1cc(C(F)(F)F)cc(C)c1CC(=O)O. The van der Waals surface area contributed by atoms with Crippen molar-refractivity contribution in [2.24, 2.45) is 0 Å². The van der Waals surface area contributed by atoms with Crippen LogP contribution in [0.25, 0.3) is 0 Å². The Morgan fingerprint density at radius 3 is 2.32 bits per heavy atom. The van der Waals surface area contributed by atoms with Crippen LogP contribution in [0.4, 0.5) is 13.2 Å². The zero-order valence-corrected chi connectivity index (χ0v) is 10.2. The Morgan fingerprint density at radius 2 is 1.89 bits per heavy atom. The second-order valence-electron chi connectivity index (χ2n) is 3.93. The molecule has 0 atom stereocenters. The number of ether oxygens (including phenoxy) is 1. The number of carboxylic acids is 1. The Morgan fingerprint density at radius 1 is 1.32 bits per heavy atom. The van der Waals surface area contributed by atoms with Gasteiger partial charge in [0.05, 0.1) is 12.0 Å². The van der Waals surface area contributed by atoms with E-state index >= 15 is 0 Å². The standard InChI is InChI=1S/C12H11F3O4/c1-6-3-8(12(13,14)15)4-10(19-7(2)16)9(6)5-11(17)18/h3-4H,5H2,1-2H3,(H,17,18). The van der Waals surface area contributed by atoms with Crippen LogP contribution < -0.4 is 4.74 Å². The van der Waals surface area contributed by atoms with Crippen molar-refractivity contribution in [1.29, 1.82) is 0 Å². The average Bonchev–Trinajstić information content (AvgIpc) is 2.20. The van der Waals surface area contributed by atoms with Gasteiger partial charge in [0.2, 0.25) is 0 Å². The van der Waals surface area contributed by atoms with Crippen LogP contribution in [0.3, 0.4) is 0 Å². The predicted octanol–water partition coefficient (Wildman–Crippen LogP) is 2.57. The number of halogens is 3. The molecule has 0 spiro atoms. The van der Waals surface area contributed by atoms with E-state index < -0.39 is 30.1 Å². The van der Waals surface area contributed by atoms with Gasteiger partial charge in [0.1, 0.15) is 5.75 Å². The molecule has 0 bridgehead atoms. The molecule has 0 amide bonds. The van der Waals surface area contributed by atoms with Crippen molar-refractivity contribution in [2.75, 3.05) is 0 Å². The van der Waals surface area contributed by atoms with Gasteiger partial charge in [-0.25, -0.2) is 0 Å². The first-order chi connectivity index (χ1) is 8.61. The van der Waals surface area contributed by atoms with Crippen LogP contribution in [0.1, 0.15) is 23.6 Å². The lowest BCUT2D eigenvalue weighted by molar-refractivity contribution is -0.138. The summed E-state index contributed by atoms with van der Waals surface area (Å²) in [6.07, 6.45) is -5.12. The van der Waals surface area contributed by atoms with Crippen molar-refractivity contribution in [3.63, 3.8) is 0 Å². The fraction of sp³-hybridized carbons (Fsp3) is 0.333. The summed E-state index contributed by atoms with van der Waals surface area (Å²) in [5, 5.41) is 8.72. The number of esters is 1. The number of hydrogen-bond donors (Lipinski definition) is 1. The number of carbonyl (C=O) groups excluding carboxylic acids is 1. The van der Waals surface area contributed by atoms with Crippen molar-refractivity contribution in [3.05, 3.63) is 28.8 Å². The van der Waals surface area contributed by atoms with Crippen molar-refractivity contribution in [3.8, 4) is 5.75 Å². The van der Waals surface area contributed by atoms with Crippen molar-refractivity contribution in [2.45, 2.75) is 26.4 Å². The fourth-order valence-electron chi connectivity index (χ4n) is 1.57. The minimum absolute atomic E-state index is 0.0516. The minimum Gasteiger partial charge on any atom is -0.481 e. The van der Waals surface area contributed by atoms with E-state index in [1.165, 1.54) is 6.92 Å². The van der Waals surface area contributed by atoms with E-state index in [2.05, 4.69) is 4.74 Å². The fourth-order valence-corrected chi connectivity index (χ4v) is 1.57. The summed E-state index contributed by atoms with van der Waals surface area (Å²) < 4.78 is 42.5. The Bertz CT molecular complexity index is 520. The number of hydrogen-bond acceptors (Lipinski definition) is 3. The molecule has 0 saturated heterocycles. The first kappa shape index (κ1) is 15.0. The molecule has 1 N–H and O–H groups in total. The highest BCUT2D eigenvalue weighted by Gasteiger charge is 2.32. The van der Waals surface area contributed by atoms with Gasteiger partial charge >= 0.3 is 18.1 Å². The van der Waals surface area contributed by atoms with Gasteiger partial charge in [0, 0.05) is 12.5 Å². The van der Waals surface area contributed by atoms with Gasteiger partial charge in [-0.1, -0.05) is 0 Å². The molecule has 0 aliphatic carbocycles. The van der Waals surface area contributed by atoms with Crippen molar-refractivity contribution < 1.29 is 32.6 Å². The van der Waals surface area contributed by atoms with E-state index in [9.17, 15) is 22.8 Å². The van der Waals surface area contributed by atoms with Gasteiger partial charge in [-0.15, -0.1) is 0 Å². The number of benzene rings is 1. The lowest BCUT2D eigenvalue weighted by Crippen LogP contribution is -2.12. The number of carbonyl (C=O) groups is 2. The van der Waals surface area contributed by atoms with E-state index in [1.54, 1.807) is 0 Å². The van der Waals surface area contributed by atoms with Crippen LogP contribution in [-0.2, 0) is 22.2 Å². The van der Waals surface area contributed by atoms with E-state index in [4.69, 9.17) is 5.11 Å². The molecular weight excluding hydrogens is 265 g/mol. The predicted molar refractivity (Wildman–Crippen MR) is 58.8 cm³/mol. The first-order valence-corrected chi connectivity index (χ1v) is 5.22. The third kappa shape index (κ3) is 3.97. The zero-order valence-electron chi connectivity index (χ0n) is 10.2. The summed E-state index contributed by atoms with van der Waals surface area (Å²) >= 11 is 0. The first-order valence-electron chi connectivity index (χ1n) is 5.22. The molecule has 1 aromatic carbocycles. The summed E-state index contributed by atoms with van der Waals surface area (Å²) in [6, 6.07) is 1.46. The van der Waals surface area contributed by atoms with Gasteiger partial charge < -0.3 is 9.84 Å². The maximum absolute atomic E-state index is 12.6. The maximum atomic E-state index is 12.6. The van der Waals surface area contributed by atoms with Crippen LogP contribution >= 0.6 is 0 Å². The van der Waals surface area contributed by atoms with Crippen molar-refractivity contribution in [1.82, 2.24) is 0 Å². The highest BCUT2D eigenvalue weighted by molar-refractivity contribution is 5.75. The quantitative estimate of drug-likeness (QED) is 0.680. The van der Waals surface area contributed by atoms with Gasteiger partial charge in [0.25, 0.3) is 0 Å². The molecule has 1 rings (SSSR count). The van der Waals surface area contributed by atoms with Gasteiger partial charge in [-0.3, -0.25) is 9.59 Å². The van der Waals surface area contributed by atoms with Crippen LogP contribution in [0.2, 0.25) is 0 Å². The van der Waals surface area contributed by atoms with E-state index in [-0.39, 0.29) is 16.9 Å². The Hall–Kier alpha value is -2.05. The second-order valence-corrected chi connectivity index (χ2v) is 3.93. The number of rotatable bonds is 3. The number of carboxylic acid groups (broad SMARTS) is 1. The van der Waals surface area contributed by atoms with Gasteiger partial charge in [0.15, 0.2) is 0 Å². The summed E-state index contributed by atoms with van der Waals surface area (Å²) in [6.45, 7) is 2.36. The summed E-state index contributed by atoms with van der Waals surface area (Å²) in [7, 11) is 0. The summed E-state index contributed by atoms with van der Waals surface area (Å²) in [4.78, 5) is 21.6. The zero-order chi connectivity index (χ0) is 14.8. The topological polar surface area (TPSA) is 63.6 Å². The molecule has 19 heavy (non-hydrogen) atoms. The maximum Gasteiger partial charge on any atom is 0.416 e. The van der Waals surface area contributed by atoms with E-state index in [0.717, 1.165) is 13.0 Å². The van der Waals surface area contributed by atoms with Gasteiger partial charge in [-0.2, -0.15) is 13.2 Å². The number of aliphatic carboxylic acids is 1. The molecule has 0 unspecified atom stereocenters. The molecule has 4 nitrogen and oxygen atoms in total. The third-order valence-electron chi connectivity index (χ3n) is 2.34. The lowest BCUT2D eigenvalue weighted by Gasteiger charge is -2.14. The summed E-state index contributed by atoms with van der Waals surface area (Å²) in [5.41, 5.74) is -0.834. The number of aryl methyl sites for hydroxylation is 1. The highest BCUT2D eigenvalue weighted by Crippen LogP contribution is 2.35. The highest BCUT2D eigenvalue weighted by atomic mass is 19.4. The summed E-state index contributed by atoms with van der Waals surface area (Å²) in [5.74, 6) is -2.41. The molecular formula is C12H11F3O4. The molecule has 0 aromatic heterocycles. The van der Waals surface area contributed by atoms with Crippen LogP contribution in [0.5, 0.6) is 5.75 Å². The molecule has 0 saturated carbocycles. The van der Waals surface area contributed by atoms with Crippen LogP contribution in [-0.4, -0.2) is 17.0 Å². The Balaban J connectivity index is 3.38. The van der Waals surface area contributed by atoms with Crippen molar-refractivity contribution >= 4 is 11.9 Å².